The second-order valence-corrected chi connectivity index (χ2v) is 5.96. The van der Waals surface area contributed by atoms with Crippen molar-refractivity contribution in [3.8, 4) is 5.75 Å². The first-order chi connectivity index (χ1) is 11.7. The molecule has 1 atom stereocenters. The van der Waals surface area contributed by atoms with Gasteiger partial charge in [0.05, 0.1) is 7.11 Å². The molecule has 1 aliphatic carbocycles. The summed E-state index contributed by atoms with van der Waals surface area (Å²) in [4.78, 5) is 12.6. The summed E-state index contributed by atoms with van der Waals surface area (Å²) in [5, 5.41) is 6.27. The zero-order valence-corrected chi connectivity index (χ0v) is 13.6. The predicted octanol–water partition coefficient (Wildman–Crippen LogP) is 2.94. The first kappa shape index (κ1) is 16.5. The van der Waals surface area contributed by atoms with E-state index < -0.39 is 6.04 Å². The highest BCUT2D eigenvalue weighted by molar-refractivity contribution is 5.83. The van der Waals surface area contributed by atoms with Crippen LogP contribution >= 0.6 is 0 Å². The van der Waals surface area contributed by atoms with Crippen LogP contribution in [0.2, 0.25) is 0 Å². The van der Waals surface area contributed by atoms with E-state index in [1.807, 2.05) is 24.3 Å². The molecule has 0 aromatic heterocycles. The van der Waals surface area contributed by atoms with E-state index in [1.54, 1.807) is 19.2 Å². The fourth-order valence-corrected chi connectivity index (χ4v) is 2.59. The van der Waals surface area contributed by atoms with Crippen molar-refractivity contribution >= 4 is 5.91 Å². The molecule has 2 N–H and O–H groups in total. The monoisotopic (exact) mass is 328 g/mol. The van der Waals surface area contributed by atoms with E-state index in [0.29, 0.717) is 6.54 Å². The van der Waals surface area contributed by atoms with E-state index in [4.69, 9.17) is 4.74 Å². The summed E-state index contributed by atoms with van der Waals surface area (Å²) < 4.78 is 18.5. The largest absolute Gasteiger partial charge is 0.496 e. The van der Waals surface area contributed by atoms with E-state index in [-0.39, 0.29) is 17.8 Å². The predicted molar refractivity (Wildman–Crippen MR) is 90.1 cm³/mol. The van der Waals surface area contributed by atoms with Crippen molar-refractivity contribution in [3.05, 3.63) is 65.5 Å². The second-order valence-electron chi connectivity index (χ2n) is 5.96. The Morgan fingerprint density at radius 1 is 1.21 bits per heavy atom. The standard InChI is InChI=1S/C19H21FN2O2/c1-24-17-5-3-2-4-14(17)12-21-18(19(23)22-16-10-11-16)13-6-8-15(20)9-7-13/h2-9,16,18,21H,10-12H2,1H3,(H,22,23). The molecular weight excluding hydrogens is 307 g/mol. The Labute approximate surface area is 141 Å². The molecule has 5 heteroatoms. The fraction of sp³-hybridized carbons (Fsp3) is 0.316. The van der Waals surface area contributed by atoms with Crippen LogP contribution in [0.1, 0.15) is 30.0 Å². The summed E-state index contributed by atoms with van der Waals surface area (Å²) in [6, 6.07) is 13.4. The van der Waals surface area contributed by atoms with Gasteiger partial charge in [0.25, 0.3) is 0 Å². The van der Waals surface area contributed by atoms with Gasteiger partial charge < -0.3 is 10.1 Å². The summed E-state index contributed by atoms with van der Waals surface area (Å²) in [7, 11) is 1.62. The van der Waals surface area contributed by atoms with Crippen molar-refractivity contribution in [2.24, 2.45) is 0 Å². The lowest BCUT2D eigenvalue weighted by Gasteiger charge is -2.20. The molecule has 2 aromatic carbocycles. The second kappa shape index (κ2) is 7.45. The Morgan fingerprint density at radius 2 is 1.92 bits per heavy atom. The van der Waals surface area contributed by atoms with Gasteiger partial charge in [-0.15, -0.1) is 0 Å². The van der Waals surface area contributed by atoms with Crippen molar-refractivity contribution in [1.82, 2.24) is 10.6 Å². The molecule has 0 saturated heterocycles. The quantitative estimate of drug-likeness (QED) is 0.822. The Hall–Kier alpha value is -2.40. The molecule has 4 nitrogen and oxygen atoms in total. The minimum Gasteiger partial charge on any atom is -0.496 e. The van der Waals surface area contributed by atoms with E-state index >= 15 is 0 Å². The molecule has 1 fully saturated rings. The van der Waals surface area contributed by atoms with Crippen LogP contribution in [-0.2, 0) is 11.3 Å². The van der Waals surface area contributed by atoms with Crippen molar-refractivity contribution < 1.29 is 13.9 Å². The third kappa shape index (κ3) is 4.11. The Morgan fingerprint density at radius 3 is 2.58 bits per heavy atom. The molecule has 1 unspecified atom stereocenters. The number of carbonyl (C=O) groups is 1. The SMILES string of the molecule is COc1ccccc1CNC(C(=O)NC1CC1)c1ccc(F)cc1. The summed E-state index contributed by atoms with van der Waals surface area (Å²) in [6.07, 6.45) is 2.04. The molecular formula is C19H21FN2O2. The topological polar surface area (TPSA) is 50.4 Å². The Balaban J connectivity index is 1.76. The minimum atomic E-state index is -0.531. The van der Waals surface area contributed by atoms with Gasteiger partial charge in [-0.25, -0.2) is 4.39 Å². The molecule has 0 heterocycles. The van der Waals surface area contributed by atoms with Crippen molar-refractivity contribution in [2.45, 2.75) is 31.5 Å². The van der Waals surface area contributed by atoms with Gasteiger partial charge in [-0.2, -0.15) is 0 Å². The number of hydrogen-bond acceptors (Lipinski definition) is 3. The lowest BCUT2D eigenvalue weighted by Crippen LogP contribution is -2.38. The number of benzene rings is 2. The minimum absolute atomic E-state index is 0.0843. The van der Waals surface area contributed by atoms with Gasteiger partial charge in [0.15, 0.2) is 0 Å². The molecule has 0 radical (unpaired) electrons. The molecule has 1 aliphatic rings. The molecule has 2 aromatic rings. The highest BCUT2D eigenvalue weighted by Crippen LogP contribution is 2.23. The molecule has 126 valence electrons. The summed E-state index contributed by atoms with van der Waals surface area (Å²) in [5.74, 6) is 0.370. The van der Waals surface area contributed by atoms with Crippen LogP contribution < -0.4 is 15.4 Å². The van der Waals surface area contributed by atoms with Crippen molar-refractivity contribution in [2.75, 3.05) is 7.11 Å². The summed E-state index contributed by atoms with van der Waals surface area (Å²) in [5.41, 5.74) is 1.70. The van der Waals surface area contributed by atoms with Crippen molar-refractivity contribution in [3.63, 3.8) is 0 Å². The first-order valence-electron chi connectivity index (χ1n) is 8.08. The van der Waals surface area contributed by atoms with Crippen LogP contribution in [0.3, 0.4) is 0 Å². The third-order valence-electron chi connectivity index (χ3n) is 4.08. The van der Waals surface area contributed by atoms with Gasteiger partial charge in [0, 0.05) is 18.2 Å². The number of rotatable bonds is 7. The molecule has 3 rings (SSSR count). The lowest BCUT2D eigenvalue weighted by atomic mass is 10.1. The molecule has 0 aliphatic heterocycles. The zero-order valence-electron chi connectivity index (χ0n) is 13.6. The van der Waals surface area contributed by atoms with Gasteiger partial charge in [-0.05, 0) is 36.6 Å². The van der Waals surface area contributed by atoms with Crippen LogP contribution in [0, 0.1) is 5.82 Å². The molecule has 0 spiro atoms. The number of nitrogens with one attached hydrogen (secondary N) is 2. The van der Waals surface area contributed by atoms with Crippen molar-refractivity contribution in [1.29, 1.82) is 0 Å². The van der Waals surface area contributed by atoms with E-state index in [9.17, 15) is 9.18 Å². The maximum atomic E-state index is 13.2. The smallest absolute Gasteiger partial charge is 0.241 e. The molecule has 1 amide bonds. The van der Waals surface area contributed by atoms with Gasteiger partial charge in [0.2, 0.25) is 5.91 Å². The normalized spacial score (nSPS) is 14.9. The van der Waals surface area contributed by atoms with Crippen LogP contribution in [0.4, 0.5) is 4.39 Å². The highest BCUT2D eigenvalue weighted by atomic mass is 19.1. The summed E-state index contributed by atoms with van der Waals surface area (Å²) >= 11 is 0. The molecule has 0 bridgehead atoms. The number of ether oxygens (including phenoxy) is 1. The average molecular weight is 328 g/mol. The zero-order chi connectivity index (χ0) is 16.9. The maximum Gasteiger partial charge on any atom is 0.241 e. The van der Waals surface area contributed by atoms with Gasteiger partial charge in [-0.1, -0.05) is 30.3 Å². The van der Waals surface area contributed by atoms with E-state index in [1.165, 1.54) is 12.1 Å². The molecule has 24 heavy (non-hydrogen) atoms. The number of para-hydroxylation sites is 1. The summed E-state index contributed by atoms with van der Waals surface area (Å²) in [6.45, 7) is 0.476. The van der Waals surface area contributed by atoms with E-state index in [0.717, 1.165) is 29.7 Å². The number of methoxy groups -OCH3 is 1. The van der Waals surface area contributed by atoms with Crippen LogP contribution in [0.5, 0.6) is 5.75 Å². The Bertz CT molecular complexity index is 699. The maximum absolute atomic E-state index is 13.2. The molecule has 1 saturated carbocycles. The fourth-order valence-electron chi connectivity index (χ4n) is 2.59. The van der Waals surface area contributed by atoms with Crippen LogP contribution in [0.15, 0.2) is 48.5 Å². The van der Waals surface area contributed by atoms with Gasteiger partial charge >= 0.3 is 0 Å². The van der Waals surface area contributed by atoms with E-state index in [2.05, 4.69) is 10.6 Å². The number of hydrogen-bond donors (Lipinski definition) is 2. The van der Waals surface area contributed by atoms with Crippen LogP contribution in [-0.4, -0.2) is 19.1 Å². The Kier molecular flexibility index (Phi) is 5.11. The number of halogens is 1. The highest BCUT2D eigenvalue weighted by Gasteiger charge is 2.28. The first-order valence-corrected chi connectivity index (χ1v) is 8.08. The van der Waals surface area contributed by atoms with Gasteiger partial charge in [-0.3, -0.25) is 10.1 Å². The van der Waals surface area contributed by atoms with Crippen LogP contribution in [0.25, 0.3) is 0 Å². The lowest BCUT2D eigenvalue weighted by molar-refractivity contribution is -0.123. The van der Waals surface area contributed by atoms with Gasteiger partial charge in [0.1, 0.15) is 17.6 Å². The number of amides is 1. The number of carbonyl (C=O) groups excluding carboxylic acids is 1. The third-order valence-corrected chi connectivity index (χ3v) is 4.08. The average Bonchev–Trinajstić information content (AvgIpc) is 3.41.